The first-order valence-corrected chi connectivity index (χ1v) is 8.08. The van der Waals surface area contributed by atoms with Crippen molar-refractivity contribution >= 4 is 21.6 Å². The zero-order valence-electron chi connectivity index (χ0n) is 10.5. The van der Waals surface area contributed by atoms with Gasteiger partial charge in [-0.15, -0.1) is 0 Å². The second-order valence-electron chi connectivity index (χ2n) is 5.34. The van der Waals surface area contributed by atoms with E-state index in [2.05, 4.69) is 4.98 Å². The summed E-state index contributed by atoms with van der Waals surface area (Å²) in [5.74, 6) is 0.310. The van der Waals surface area contributed by atoms with Gasteiger partial charge in [-0.25, -0.2) is 13.4 Å². The Balaban J connectivity index is 1.89. The van der Waals surface area contributed by atoms with Crippen LogP contribution in [0.15, 0.2) is 11.4 Å². The fourth-order valence-electron chi connectivity index (χ4n) is 3.08. The highest BCUT2D eigenvalue weighted by atomic mass is 35.5. The molecule has 1 aliphatic heterocycles. The summed E-state index contributed by atoms with van der Waals surface area (Å²) in [4.78, 5) is 3.88. The van der Waals surface area contributed by atoms with Crippen molar-refractivity contribution in [1.29, 1.82) is 0 Å². The van der Waals surface area contributed by atoms with Gasteiger partial charge < -0.3 is 9.67 Å². The van der Waals surface area contributed by atoms with Gasteiger partial charge in [-0.1, -0.05) is 11.6 Å². The Kier molecular flexibility index (Phi) is 3.12. The summed E-state index contributed by atoms with van der Waals surface area (Å²) in [7, 11) is -2.01. The van der Waals surface area contributed by atoms with Gasteiger partial charge in [0.05, 0.1) is 12.4 Å². The number of aliphatic hydroxyl groups excluding tert-OH is 1. The Labute approximate surface area is 117 Å². The van der Waals surface area contributed by atoms with Crippen molar-refractivity contribution in [1.82, 2.24) is 13.9 Å². The van der Waals surface area contributed by atoms with E-state index in [1.165, 1.54) is 15.2 Å². The van der Waals surface area contributed by atoms with Crippen LogP contribution >= 0.6 is 11.6 Å². The lowest BCUT2D eigenvalue weighted by Gasteiger charge is -2.17. The molecule has 0 amide bonds. The normalized spacial score (nSPS) is 31.8. The molecule has 2 heterocycles. The number of rotatable bonds is 2. The van der Waals surface area contributed by atoms with E-state index in [0.717, 1.165) is 12.8 Å². The second-order valence-corrected chi connectivity index (χ2v) is 7.55. The maximum absolute atomic E-state index is 12.5. The first-order chi connectivity index (χ1) is 8.91. The number of aromatic nitrogens is 2. The lowest BCUT2D eigenvalue weighted by atomic mass is 10.00. The van der Waals surface area contributed by atoms with Gasteiger partial charge in [0.15, 0.2) is 0 Å². The number of hydrogen-bond acceptors (Lipinski definition) is 4. The Hall–Kier alpha value is -0.630. The van der Waals surface area contributed by atoms with E-state index in [4.69, 9.17) is 11.6 Å². The Bertz CT molecular complexity index is 600. The number of sulfonamides is 1. The third-order valence-electron chi connectivity index (χ3n) is 4.20. The topological polar surface area (TPSA) is 75.4 Å². The third-order valence-corrected chi connectivity index (χ3v) is 6.53. The smallest absolute Gasteiger partial charge is 0.263 e. The SMILES string of the molecule is Cn1cnc(S(=O)(=O)N2CC3CCC(O)C3C2)c1Cl. The van der Waals surface area contributed by atoms with Gasteiger partial charge in [-0.05, 0) is 18.8 Å². The minimum absolute atomic E-state index is 0.0530. The Morgan fingerprint density at radius 1 is 1.42 bits per heavy atom. The molecule has 8 heteroatoms. The first-order valence-electron chi connectivity index (χ1n) is 6.26. The largest absolute Gasteiger partial charge is 0.393 e. The van der Waals surface area contributed by atoms with Crippen LogP contribution < -0.4 is 0 Å². The molecule has 2 aliphatic rings. The minimum atomic E-state index is -3.66. The fraction of sp³-hybridized carbons (Fsp3) is 0.727. The molecular formula is C11H16ClN3O3S. The molecule has 106 valence electrons. The summed E-state index contributed by atoms with van der Waals surface area (Å²) in [5, 5.41) is 9.88. The van der Waals surface area contributed by atoms with Crippen LogP contribution in [-0.4, -0.2) is 46.6 Å². The quantitative estimate of drug-likeness (QED) is 0.861. The van der Waals surface area contributed by atoms with Gasteiger partial charge in [-0.3, -0.25) is 0 Å². The van der Waals surface area contributed by atoms with Gasteiger partial charge in [0.2, 0.25) is 5.03 Å². The number of imidazole rings is 1. The van der Waals surface area contributed by atoms with Crippen LogP contribution in [0.25, 0.3) is 0 Å². The van der Waals surface area contributed by atoms with E-state index in [9.17, 15) is 13.5 Å². The average molecular weight is 306 g/mol. The monoisotopic (exact) mass is 305 g/mol. The van der Waals surface area contributed by atoms with Crippen LogP contribution in [-0.2, 0) is 17.1 Å². The van der Waals surface area contributed by atoms with Crippen LogP contribution in [0.1, 0.15) is 12.8 Å². The molecule has 3 rings (SSSR count). The van der Waals surface area contributed by atoms with Crippen molar-refractivity contribution in [3.63, 3.8) is 0 Å². The van der Waals surface area contributed by atoms with E-state index in [0.29, 0.717) is 13.1 Å². The molecule has 0 aromatic carbocycles. The van der Waals surface area contributed by atoms with Crippen molar-refractivity contribution in [3.8, 4) is 0 Å². The van der Waals surface area contributed by atoms with Crippen molar-refractivity contribution in [3.05, 3.63) is 11.5 Å². The molecule has 1 saturated heterocycles. The summed E-state index contributed by atoms with van der Waals surface area (Å²) < 4.78 is 27.9. The summed E-state index contributed by atoms with van der Waals surface area (Å²) in [6, 6.07) is 0. The summed E-state index contributed by atoms with van der Waals surface area (Å²) in [6.45, 7) is 0.817. The van der Waals surface area contributed by atoms with Crippen molar-refractivity contribution < 1.29 is 13.5 Å². The molecule has 2 fully saturated rings. The summed E-state index contributed by atoms with van der Waals surface area (Å²) in [6.07, 6.45) is 2.66. The number of fused-ring (bicyclic) bond motifs is 1. The van der Waals surface area contributed by atoms with E-state index in [1.807, 2.05) is 0 Å². The number of aryl methyl sites for hydroxylation is 1. The molecule has 0 spiro atoms. The van der Waals surface area contributed by atoms with Crippen LogP contribution in [0.4, 0.5) is 0 Å². The van der Waals surface area contributed by atoms with E-state index >= 15 is 0 Å². The molecule has 1 saturated carbocycles. The van der Waals surface area contributed by atoms with Gasteiger partial charge in [-0.2, -0.15) is 4.31 Å². The predicted octanol–water partition coefficient (Wildman–Crippen LogP) is 0.465. The highest BCUT2D eigenvalue weighted by Crippen LogP contribution is 2.40. The molecule has 1 aromatic heterocycles. The van der Waals surface area contributed by atoms with E-state index in [-0.39, 0.29) is 28.1 Å². The van der Waals surface area contributed by atoms with Gasteiger partial charge in [0.25, 0.3) is 10.0 Å². The molecule has 0 bridgehead atoms. The molecule has 0 radical (unpaired) electrons. The Morgan fingerprint density at radius 3 is 2.74 bits per heavy atom. The van der Waals surface area contributed by atoms with E-state index in [1.54, 1.807) is 7.05 Å². The van der Waals surface area contributed by atoms with Crippen LogP contribution in [0.2, 0.25) is 5.15 Å². The second kappa shape index (κ2) is 4.44. The maximum Gasteiger partial charge on any atom is 0.263 e. The summed E-state index contributed by atoms with van der Waals surface area (Å²) >= 11 is 5.97. The lowest BCUT2D eigenvalue weighted by Crippen LogP contribution is -2.31. The van der Waals surface area contributed by atoms with Gasteiger partial charge in [0, 0.05) is 26.1 Å². The molecular weight excluding hydrogens is 290 g/mol. The number of nitrogens with zero attached hydrogens (tertiary/aromatic N) is 3. The highest BCUT2D eigenvalue weighted by molar-refractivity contribution is 7.89. The van der Waals surface area contributed by atoms with Crippen LogP contribution in [0, 0.1) is 11.8 Å². The molecule has 1 N–H and O–H groups in total. The molecule has 3 unspecified atom stereocenters. The van der Waals surface area contributed by atoms with Crippen LogP contribution in [0.5, 0.6) is 0 Å². The Morgan fingerprint density at radius 2 is 2.16 bits per heavy atom. The molecule has 1 aliphatic carbocycles. The maximum atomic E-state index is 12.5. The van der Waals surface area contributed by atoms with Gasteiger partial charge in [0.1, 0.15) is 5.15 Å². The van der Waals surface area contributed by atoms with Crippen molar-refractivity contribution in [2.45, 2.75) is 24.0 Å². The molecule has 3 atom stereocenters. The third kappa shape index (κ3) is 1.99. The van der Waals surface area contributed by atoms with Crippen LogP contribution in [0.3, 0.4) is 0 Å². The number of hydrogen-bond donors (Lipinski definition) is 1. The predicted molar refractivity (Wildman–Crippen MR) is 69.2 cm³/mol. The average Bonchev–Trinajstić information content (AvgIpc) is 2.99. The standard InChI is InChI=1S/C11H16ClN3O3S/c1-14-6-13-11(10(14)12)19(17,18)15-4-7-2-3-9(16)8(7)5-15/h6-9,16H,2-5H2,1H3. The van der Waals surface area contributed by atoms with E-state index < -0.39 is 10.0 Å². The molecule has 1 aromatic rings. The number of aliphatic hydroxyl groups is 1. The van der Waals surface area contributed by atoms with Crippen molar-refractivity contribution in [2.75, 3.05) is 13.1 Å². The zero-order valence-corrected chi connectivity index (χ0v) is 12.1. The van der Waals surface area contributed by atoms with Gasteiger partial charge >= 0.3 is 0 Å². The minimum Gasteiger partial charge on any atom is -0.393 e. The molecule has 6 nitrogen and oxygen atoms in total. The molecule has 19 heavy (non-hydrogen) atoms. The fourth-order valence-corrected chi connectivity index (χ4v) is 5.00. The number of halogens is 1. The highest BCUT2D eigenvalue weighted by Gasteiger charge is 2.46. The summed E-state index contributed by atoms with van der Waals surface area (Å²) in [5.41, 5.74) is 0. The van der Waals surface area contributed by atoms with Crippen molar-refractivity contribution in [2.24, 2.45) is 18.9 Å². The zero-order chi connectivity index (χ0) is 13.8. The first kappa shape index (κ1) is 13.4. The lowest BCUT2D eigenvalue weighted by molar-refractivity contribution is 0.129.